The summed E-state index contributed by atoms with van der Waals surface area (Å²) in [6, 6.07) is 8.45. The molecule has 35 heavy (non-hydrogen) atoms. The highest BCUT2D eigenvalue weighted by molar-refractivity contribution is 7.14. The van der Waals surface area contributed by atoms with Crippen molar-refractivity contribution in [3.05, 3.63) is 29.3 Å². The molecular formula is C31H50N2OS. The number of nitrogens with zero attached hydrogens (tertiary/aromatic N) is 2. The molecule has 0 aliphatic heterocycles. The lowest BCUT2D eigenvalue weighted by Crippen LogP contribution is -2.13. The minimum atomic E-state index is 0.616. The first-order chi connectivity index (χ1) is 17.2. The van der Waals surface area contributed by atoms with Gasteiger partial charge in [0.2, 0.25) is 0 Å². The van der Waals surface area contributed by atoms with Crippen molar-refractivity contribution in [3.8, 4) is 16.3 Å². The highest BCUT2D eigenvalue weighted by Gasteiger charge is 2.25. The Kier molecular flexibility index (Phi) is 13.2. The summed E-state index contributed by atoms with van der Waals surface area (Å²) in [6.45, 7) is 7.73. The van der Waals surface area contributed by atoms with Gasteiger partial charge in [0.15, 0.2) is 0 Å². The van der Waals surface area contributed by atoms with Crippen molar-refractivity contribution in [2.24, 2.45) is 11.8 Å². The second-order valence-electron chi connectivity index (χ2n) is 11.0. The number of hydrogen-bond donors (Lipinski definition) is 0. The number of unbranched alkanes of at least 4 members (excludes halogenated alkanes) is 7. The maximum atomic E-state index is 5.96. The molecule has 0 spiro atoms. The van der Waals surface area contributed by atoms with Gasteiger partial charge in [0.25, 0.3) is 0 Å². The van der Waals surface area contributed by atoms with Crippen LogP contribution in [-0.4, -0.2) is 16.8 Å². The SMILES string of the molecule is CCCCCCCC[C@H]1CC[C@H](c2nnc(-c3ccc(OCCCCC[C@@H](C)CC)cc3)s2)CC1. The molecule has 1 atom stereocenters. The molecule has 1 heterocycles. The van der Waals surface area contributed by atoms with Crippen LogP contribution in [0.4, 0.5) is 0 Å². The zero-order valence-corrected chi connectivity index (χ0v) is 23.6. The topological polar surface area (TPSA) is 35.0 Å². The lowest BCUT2D eigenvalue weighted by Gasteiger charge is -2.27. The summed E-state index contributed by atoms with van der Waals surface area (Å²) in [5.74, 6) is 3.38. The molecule has 3 rings (SSSR count). The summed E-state index contributed by atoms with van der Waals surface area (Å²) in [6.07, 6.45) is 21.6. The Morgan fingerprint density at radius 1 is 0.857 bits per heavy atom. The van der Waals surface area contributed by atoms with Crippen LogP contribution >= 0.6 is 11.3 Å². The van der Waals surface area contributed by atoms with Gasteiger partial charge in [0.05, 0.1) is 6.61 Å². The van der Waals surface area contributed by atoms with E-state index >= 15 is 0 Å². The fourth-order valence-corrected chi connectivity index (χ4v) is 6.30. The summed E-state index contributed by atoms with van der Waals surface area (Å²) in [5.41, 5.74) is 1.16. The van der Waals surface area contributed by atoms with Gasteiger partial charge in [-0.2, -0.15) is 0 Å². The van der Waals surface area contributed by atoms with E-state index in [0.29, 0.717) is 5.92 Å². The third-order valence-corrected chi connectivity index (χ3v) is 9.15. The van der Waals surface area contributed by atoms with E-state index in [-0.39, 0.29) is 0 Å². The summed E-state index contributed by atoms with van der Waals surface area (Å²) in [5, 5.41) is 11.4. The first kappa shape index (κ1) is 28.2. The van der Waals surface area contributed by atoms with Crippen LogP contribution in [-0.2, 0) is 0 Å². The van der Waals surface area contributed by atoms with Crippen molar-refractivity contribution in [2.45, 2.75) is 129 Å². The fraction of sp³-hybridized carbons (Fsp3) is 0.742. The molecule has 0 unspecified atom stereocenters. The number of rotatable bonds is 17. The van der Waals surface area contributed by atoms with E-state index in [9.17, 15) is 0 Å². The average Bonchev–Trinajstić information content (AvgIpc) is 3.39. The van der Waals surface area contributed by atoms with E-state index in [2.05, 4.69) is 55.2 Å². The first-order valence-electron chi connectivity index (χ1n) is 14.8. The van der Waals surface area contributed by atoms with Gasteiger partial charge in [-0.3, -0.25) is 0 Å². The van der Waals surface area contributed by atoms with Crippen molar-refractivity contribution in [1.29, 1.82) is 0 Å². The molecule has 1 aromatic heterocycles. The highest BCUT2D eigenvalue weighted by atomic mass is 32.1. The molecule has 1 aromatic carbocycles. The summed E-state index contributed by atoms with van der Waals surface area (Å²) in [7, 11) is 0. The Morgan fingerprint density at radius 2 is 1.57 bits per heavy atom. The molecule has 1 saturated carbocycles. The standard InChI is InChI=1S/C31H50N2OS/c1-4-6-7-8-9-12-15-26-16-18-27(19-17-26)30-32-33-31(35-30)28-20-22-29(23-21-28)34-24-13-10-11-14-25(3)5-2/h20-23,25-27H,4-19,24H2,1-3H3/t25-,26-,27-/m0/s1. The van der Waals surface area contributed by atoms with E-state index in [1.807, 2.05) is 0 Å². The van der Waals surface area contributed by atoms with Gasteiger partial charge in [0, 0.05) is 11.5 Å². The molecule has 2 aromatic rings. The van der Waals surface area contributed by atoms with Crippen LogP contribution in [0.25, 0.3) is 10.6 Å². The number of benzene rings is 1. The smallest absolute Gasteiger partial charge is 0.147 e. The fourth-order valence-electron chi connectivity index (χ4n) is 5.29. The molecule has 0 amide bonds. The van der Waals surface area contributed by atoms with E-state index in [1.54, 1.807) is 11.3 Å². The molecule has 4 heteroatoms. The molecule has 1 aliphatic rings. The molecule has 3 nitrogen and oxygen atoms in total. The quantitative estimate of drug-likeness (QED) is 0.203. The van der Waals surface area contributed by atoms with Crippen LogP contribution in [0.5, 0.6) is 5.75 Å². The monoisotopic (exact) mass is 498 g/mol. The van der Waals surface area contributed by atoms with E-state index in [1.165, 1.54) is 101 Å². The van der Waals surface area contributed by atoms with Gasteiger partial charge >= 0.3 is 0 Å². The second kappa shape index (κ2) is 16.3. The average molecular weight is 499 g/mol. The lowest BCUT2D eigenvalue weighted by atomic mass is 9.80. The van der Waals surface area contributed by atoms with Crippen molar-refractivity contribution in [1.82, 2.24) is 10.2 Å². The van der Waals surface area contributed by atoms with Crippen LogP contribution in [0, 0.1) is 11.8 Å². The molecule has 0 saturated heterocycles. The normalized spacial score (nSPS) is 19.1. The van der Waals surface area contributed by atoms with E-state index < -0.39 is 0 Å². The molecule has 0 bridgehead atoms. The second-order valence-corrected chi connectivity index (χ2v) is 12.0. The van der Waals surface area contributed by atoms with Crippen molar-refractivity contribution in [2.75, 3.05) is 6.61 Å². The zero-order valence-electron chi connectivity index (χ0n) is 22.8. The van der Waals surface area contributed by atoms with Gasteiger partial charge < -0.3 is 4.74 Å². The van der Waals surface area contributed by atoms with E-state index in [4.69, 9.17) is 4.74 Å². The predicted octanol–water partition coefficient (Wildman–Crippen LogP) is 10.2. The highest BCUT2D eigenvalue weighted by Crippen LogP contribution is 2.40. The molecule has 196 valence electrons. The minimum Gasteiger partial charge on any atom is -0.494 e. The third-order valence-electron chi connectivity index (χ3n) is 8.01. The molecule has 1 aliphatic carbocycles. The maximum Gasteiger partial charge on any atom is 0.147 e. The molecule has 0 radical (unpaired) electrons. The van der Waals surface area contributed by atoms with Crippen molar-refractivity contribution >= 4 is 11.3 Å². The Hall–Kier alpha value is -1.42. The van der Waals surface area contributed by atoms with Gasteiger partial charge in [-0.25, -0.2) is 0 Å². The number of ether oxygens (including phenoxy) is 1. The van der Waals surface area contributed by atoms with Crippen LogP contribution in [0.1, 0.15) is 134 Å². The van der Waals surface area contributed by atoms with Gasteiger partial charge in [-0.05, 0) is 68.2 Å². The number of hydrogen-bond acceptors (Lipinski definition) is 4. The van der Waals surface area contributed by atoms with Crippen molar-refractivity contribution in [3.63, 3.8) is 0 Å². The Bertz CT molecular complexity index is 795. The van der Waals surface area contributed by atoms with E-state index in [0.717, 1.165) is 41.2 Å². The van der Waals surface area contributed by atoms with Crippen LogP contribution in [0.3, 0.4) is 0 Å². The Balaban J connectivity index is 1.34. The summed E-state index contributed by atoms with van der Waals surface area (Å²) < 4.78 is 5.96. The zero-order chi connectivity index (χ0) is 24.7. The van der Waals surface area contributed by atoms with Crippen LogP contribution in [0.15, 0.2) is 24.3 Å². The molecule has 0 N–H and O–H groups in total. The summed E-state index contributed by atoms with van der Waals surface area (Å²) >= 11 is 1.80. The minimum absolute atomic E-state index is 0.616. The lowest BCUT2D eigenvalue weighted by molar-refractivity contribution is 0.301. The molecular weight excluding hydrogens is 448 g/mol. The van der Waals surface area contributed by atoms with Gasteiger partial charge in [-0.15, -0.1) is 10.2 Å². The Morgan fingerprint density at radius 3 is 2.31 bits per heavy atom. The van der Waals surface area contributed by atoms with Gasteiger partial charge in [-0.1, -0.05) is 103 Å². The first-order valence-corrected chi connectivity index (χ1v) is 15.6. The largest absolute Gasteiger partial charge is 0.494 e. The molecule has 1 fully saturated rings. The van der Waals surface area contributed by atoms with Crippen LogP contribution in [0.2, 0.25) is 0 Å². The van der Waals surface area contributed by atoms with Crippen molar-refractivity contribution < 1.29 is 4.74 Å². The van der Waals surface area contributed by atoms with Gasteiger partial charge in [0.1, 0.15) is 15.8 Å². The summed E-state index contributed by atoms with van der Waals surface area (Å²) in [4.78, 5) is 0. The van der Waals surface area contributed by atoms with Crippen LogP contribution < -0.4 is 4.74 Å². The predicted molar refractivity (Wildman–Crippen MR) is 151 cm³/mol. The Labute approximate surface area is 219 Å². The maximum absolute atomic E-state index is 5.96. The third kappa shape index (κ3) is 10.2. The number of aromatic nitrogens is 2.